The number of nitrogens with zero attached hydrogens (tertiary/aromatic N) is 6. The van der Waals surface area contributed by atoms with Crippen molar-refractivity contribution in [2.45, 2.75) is 253 Å². The minimum absolute atomic E-state index is 0.000460. The molecule has 0 amide bonds. The van der Waals surface area contributed by atoms with E-state index >= 15 is 0 Å². The van der Waals surface area contributed by atoms with Crippen LogP contribution >= 0.6 is 0 Å². The average Bonchev–Trinajstić information content (AvgIpc) is 0.650. The Labute approximate surface area is 929 Å². The van der Waals surface area contributed by atoms with E-state index in [4.69, 9.17) is 140 Å². The summed E-state index contributed by atoms with van der Waals surface area (Å²) in [6.45, 7) is -22.1. The van der Waals surface area contributed by atoms with Crippen LogP contribution in [0.1, 0.15) is 367 Å². The largest absolute Gasteiger partial charge is 0.493 e. The first-order valence-corrected chi connectivity index (χ1v) is 45.7. The molecule has 0 aliphatic carbocycles. The third-order valence-electron chi connectivity index (χ3n) is 24.5. The molecule has 0 radical (unpaired) electrons. The number of carbonyl (C=O) groups is 6. The molecule has 15 unspecified atom stereocenters. The summed E-state index contributed by atoms with van der Waals surface area (Å²) in [4.78, 5) is 84.2. The smallest absolute Gasteiger partial charge is 0.161 e. The van der Waals surface area contributed by atoms with Gasteiger partial charge in [-0.1, -0.05) is 102 Å². The molecule has 15 atom stereocenters. The first-order valence-electron chi connectivity index (χ1n) is 76.7. The number of Topliss-reactive ketones (excluding diaryl/α,β-unsaturated/α-hetero) is 6. The molecule has 12 aliphatic rings. The third-order valence-corrected chi connectivity index (χ3v) is 24.5. The van der Waals surface area contributed by atoms with Crippen LogP contribution in [0.4, 0.5) is 0 Å². The van der Waals surface area contributed by atoms with E-state index in [2.05, 4.69) is 0 Å². The molecule has 6 aromatic carbocycles. The minimum Gasteiger partial charge on any atom is -0.493 e. The summed E-state index contributed by atoms with van der Waals surface area (Å²) in [7, 11) is 15.9. The fourth-order valence-electron chi connectivity index (χ4n) is 17.4. The number of carbonyl (C=O) groups excluding carboxylic acids is 6. The van der Waals surface area contributed by atoms with Crippen LogP contribution in [-0.4, -0.2) is 228 Å². The lowest BCUT2D eigenvalue weighted by Crippen LogP contribution is -2.46. The maximum atomic E-state index is 13.8. The summed E-state index contributed by atoms with van der Waals surface area (Å²) in [5, 5.41) is 0. The molecule has 774 valence electrons. The van der Waals surface area contributed by atoms with Gasteiger partial charge in [0.15, 0.2) is 69.0 Å². The molecule has 6 fully saturated rings. The average molecular weight is 2010 g/mol. The van der Waals surface area contributed by atoms with Crippen LogP contribution in [0.15, 0.2) is 72.8 Å². The first-order chi connectivity index (χ1) is 91.1. The zero-order valence-corrected chi connectivity index (χ0v) is 83.0. The Kier molecular flexibility index (Phi) is 18.9. The van der Waals surface area contributed by atoms with Crippen LogP contribution in [0, 0.1) is 70.9 Å². The van der Waals surface area contributed by atoms with Crippen LogP contribution in [0.5, 0.6) is 69.0 Å². The molecule has 0 bridgehead atoms. The van der Waals surface area contributed by atoms with E-state index < -0.39 is 317 Å². The van der Waals surface area contributed by atoms with Gasteiger partial charge in [-0.05, 0) is 252 Å². The van der Waals surface area contributed by atoms with Gasteiger partial charge in [-0.3, -0.25) is 58.2 Å². The number of rotatable bonds is 27. The molecule has 0 N–H and O–H groups in total. The molecule has 6 saturated heterocycles. The molecule has 0 aromatic heterocycles. The van der Waals surface area contributed by atoms with Crippen molar-refractivity contribution in [3.8, 4) is 69.0 Å². The summed E-state index contributed by atoms with van der Waals surface area (Å²) in [6, 6.07) is 1.76. The number of aryl methyl sites for hydroxylation is 5. The number of ketones is 6. The Hall–Kier alpha value is -9.30. The number of fused-ring (bicyclic) bond motifs is 18. The van der Waals surface area contributed by atoms with Gasteiger partial charge < -0.3 is 56.8 Å². The number of piperidine rings is 6. The lowest BCUT2D eigenvalue weighted by molar-refractivity contribution is -0.130. The standard InChI is InChI=1S/3C20H29NO3.3C19H27NO3/c3*1-5-13(2)8-15-12-21-7-6-14-9-19(23-3)20(24-4)10-16(14)17(21)11-18(15)22;3*1-12(2)7-14-11-20-6-5-13-8-18(22-3)19(23-4)9-15(13)16(20)10-17(14)21/h3*9-10,13,15,17H,5-8,11-12H2,1-4H3;3*8-9,12,14,16H,5-7,10-11H2,1-4H3/i2D3,5D2,6D2,7D2,8D2,11D2,13D,15D,17D;2D3,5D2,8D2,11D2,12D2,13D,15D;2D3,5D2,6D2,7D2,8D2,13D,17D;5D2,6D2,10D2,14D,16D;5D2,6D2,11D2,16D;5D2,6D2,16D. The normalized spacial score (nSPS) is 42.2. The summed E-state index contributed by atoms with van der Waals surface area (Å²) >= 11 is 0. The highest BCUT2D eigenvalue weighted by atomic mass is 16.5. The van der Waals surface area contributed by atoms with Crippen molar-refractivity contribution in [2.24, 2.45) is 70.9 Å². The molecule has 12 aliphatic heterocycles. The molecular weight excluding hydrogens is 1780 g/mol. The Morgan fingerprint density at radius 2 is 0.610 bits per heavy atom. The molecule has 0 spiro atoms. The lowest BCUT2D eigenvalue weighted by atomic mass is 9.79. The predicted molar refractivity (Wildman–Crippen MR) is 555 cm³/mol. The SMILES string of the molecule is [2H]C([2H])([2H])C([2H])(C([2H])([2H])C)C([2H])([2H])C1([2H])CN2C([2H])([2H])C([2H])([2H])c3cc(OC)c(OC)cc3C2([2H])C([2H])([2H])C1=O.[2H]C1(CC(C)C)CN2C([2H])([2H])C([2H])([2H])c3cc(OC)c(OC)cc3C2([2H])C([2H])([2H])C1=O.[2H]C1([2H])C(=O)C([2H])(C([2H])([2H])C([2H])(C([2H])([2H])[2H])C([2H])([2H])C)C([2H])([2H])N2CCc3cc(OC)c(OC)cc3C21.[2H]C12CC(=O)C(C([2H])([2H])C([2H])(C([2H])([2H])[2H])C([2H])([2H])C)CN1C([2H])([2H])C([2H])([2H])c1cc(OC)c(OC)cc12.[2H]C12CC(=O)C(CC(C)C)C([2H])([2H])N1C([2H])([2H])C([2H])([2H])c1cc(OC)c(OC)cc12.[2H]C12CC(=O)C(CC(C)C)CN1C([2H])([2H])C([2H])([2H])c1cc(OC)c(OC)cc12. The van der Waals surface area contributed by atoms with E-state index in [1.165, 1.54) is 145 Å². The van der Waals surface area contributed by atoms with Gasteiger partial charge in [0.2, 0.25) is 0 Å². The number of hydrogen-bond donors (Lipinski definition) is 0. The van der Waals surface area contributed by atoms with Gasteiger partial charge >= 0.3 is 0 Å². The van der Waals surface area contributed by atoms with E-state index in [9.17, 15) is 30.1 Å². The Morgan fingerprint density at radius 1 is 0.319 bits per heavy atom. The van der Waals surface area contributed by atoms with Gasteiger partial charge in [0.25, 0.3) is 0 Å². The highest BCUT2D eigenvalue weighted by Gasteiger charge is 2.47. The Morgan fingerprint density at radius 3 is 0.986 bits per heavy atom. The van der Waals surface area contributed by atoms with Gasteiger partial charge in [0, 0.05) is 266 Å². The van der Waals surface area contributed by atoms with Crippen molar-refractivity contribution < 1.29 is 171 Å². The minimum atomic E-state index is -4.05. The van der Waals surface area contributed by atoms with Crippen LogP contribution < -0.4 is 56.8 Å². The maximum absolute atomic E-state index is 13.8. The van der Waals surface area contributed by atoms with Crippen molar-refractivity contribution in [3.05, 3.63) is 140 Å². The Balaban J connectivity index is 0.000000196. The highest BCUT2D eigenvalue weighted by Crippen LogP contribution is 2.51. The van der Waals surface area contributed by atoms with Gasteiger partial charge in [-0.15, -0.1) is 0 Å². The van der Waals surface area contributed by atoms with Crippen molar-refractivity contribution in [1.82, 2.24) is 29.4 Å². The van der Waals surface area contributed by atoms with E-state index in [1.54, 1.807) is 19.9 Å². The zero-order valence-electron chi connectivity index (χ0n) is 145. The Bertz CT molecular complexity index is 8430. The molecular formula is C117H168N6O18. The fourth-order valence-corrected chi connectivity index (χ4v) is 17.4. The fraction of sp³-hybridized carbons (Fsp3) is 0.641. The second-order valence-electron chi connectivity index (χ2n) is 34.9. The molecule has 24 heteroatoms. The topological polar surface area (TPSA) is 233 Å². The van der Waals surface area contributed by atoms with Crippen molar-refractivity contribution in [1.29, 1.82) is 0 Å². The molecule has 24 nitrogen and oxygen atoms in total. The third kappa shape index (κ3) is 25.6. The van der Waals surface area contributed by atoms with Gasteiger partial charge in [-0.2, -0.15) is 0 Å². The summed E-state index contributed by atoms with van der Waals surface area (Å²) in [6.07, 6.45) is -45.2. The summed E-state index contributed by atoms with van der Waals surface area (Å²) in [5.41, 5.74) is -1.29. The number of benzene rings is 6. The van der Waals surface area contributed by atoms with E-state index in [0.29, 0.717) is 52.0 Å². The van der Waals surface area contributed by atoms with Crippen LogP contribution in [0.25, 0.3) is 0 Å². The second-order valence-corrected chi connectivity index (χ2v) is 34.9. The van der Waals surface area contributed by atoms with E-state index in [1.807, 2.05) is 27.7 Å². The first kappa shape index (κ1) is 53.2. The summed E-state index contributed by atoms with van der Waals surface area (Å²) < 4.78 is 589. The van der Waals surface area contributed by atoms with E-state index in [0.717, 1.165) is 24.0 Å². The molecule has 12 heterocycles. The molecule has 18 rings (SSSR count). The van der Waals surface area contributed by atoms with Gasteiger partial charge in [-0.25, -0.2) is 0 Å². The quantitative estimate of drug-likeness (QED) is 0.0466. The zero-order chi connectivity index (χ0) is 157. The van der Waals surface area contributed by atoms with E-state index in [-0.39, 0.29) is 175 Å². The molecule has 0 saturated carbocycles. The molecule has 6 aromatic rings. The summed E-state index contributed by atoms with van der Waals surface area (Å²) in [5.74, 6) is -29.5. The monoisotopic (exact) mass is 2010 g/mol. The van der Waals surface area contributed by atoms with Crippen molar-refractivity contribution in [3.63, 3.8) is 0 Å². The van der Waals surface area contributed by atoms with Gasteiger partial charge in [0.1, 0.15) is 34.7 Å². The van der Waals surface area contributed by atoms with Crippen LogP contribution in [-0.2, 0) is 67.1 Å². The number of hydrogen-bond acceptors (Lipinski definition) is 24. The lowest BCUT2D eigenvalue weighted by Gasteiger charge is -2.43. The van der Waals surface area contributed by atoms with Crippen molar-refractivity contribution >= 4 is 34.7 Å². The van der Waals surface area contributed by atoms with Crippen LogP contribution in [0.2, 0.25) is 0 Å². The number of methoxy groups -OCH3 is 12. The number of ether oxygens (including phenoxy) is 12. The van der Waals surface area contributed by atoms with Crippen molar-refractivity contribution in [2.75, 3.05) is 164 Å². The molecule has 141 heavy (non-hydrogen) atoms. The maximum Gasteiger partial charge on any atom is 0.161 e. The highest BCUT2D eigenvalue weighted by molar-refractivity contribution is 5.86. The predicted octanol–water partition coefficient (Wildman–Crippen LogP) is 20.6. The van der Waals surface area contributed by atoms with Crippen LogP contribution in [0.3, 0.4) is 0 Å². The van der Waals surface area contributed by atoms with Gasteiger partial charge in [0.05, 0.1) is 92.2 Å². The second kappa shape index (κ2) is 50.0.